The van der Waals surface area contributed by atoms with Gasteiger partial charge in [0, 0.05) is 36.8 Å². The van der Waals surface area contributed by atoms with Gasteiger partial charge < -0.3 is 15.4 Å². The first kappa shape index (κ1) is 13.8. The Kier molecular flexibility index (Phi) is 3.96. The quantitative estimate of drug-likeness (QED) is 0.726. The minimum absolute atomic E-state index is 0.101. The highest BCUT2D eigenvalue weighted by Gasteiger charge is 2.25. The summed E-state index contributed by atoms with van der Waals surface area (Å²) < 4.78 is 0. The second kappa shape index (κ2) is 6.05. The molecule has 110 valence electrons. The van der Waals surface area contributed by atoms with E-state index < -0.39 is 0 Å². The van der Waals surface area contributed by atoms with Crippen LogP contribution in [-0.2, 0) is 0 Å². The Morgan fingerprint density at radius 3 is 3.10 bits per heavy atom. The summed E-state index contributed by atoms with van der Waals surface area (Å²) in [7, 11) is 0. The van der Waals surface area contributed by atoms with Crippen molar-refractivity contribution in [3.05, 3.63) is 42.1 Å². The molecule has 2 unspecified atom stereocenters. The standard InChI is InChI=1S/C15H18N4O2/c20-8-10-1-2-12(5-10)19-15-13(7-17-9-18-15)14(21)11-3-4-16-6-11/h3-4,6-7,9-10,12,16,20H,1-2,5,8H2,(H,17,18,19). The smallest absolute Gasteiger partial charge is 0.199 e. The zero-order valence-corrected chi connectivity index (χ0v) is 11.6. The Bertz CT molecular complexity index is 612. The number of carbonyl (C=O) groups excluding carboxylic acids is 1. The van der Waals surface area contributed by atoms with Crippen molar-refractivity contribution in [2.75, 3.05) is 11.9 Å². The second-order valence-electron chi connectivity index (χ2n) is 5.42. The molecule has 21 heavy (non-hydrogen) atoms. The van der Waals surface area contributed by atoms with Gasteiger partial charge in [0.25, 0.3) is 0 Å². The van der Waals surface area contributed by atoms with Gasteiger partial charge in [-0.1, -0.05) is 0 Å². The molecular weight excluding hydrogens is 268 g/mol. The van der Waals surface area contributed by atoms with Crippen molar-refractivity contribution in [2.45, 2.75) is 25.3 Å². The monoisotopic (exact) mass is 286 g/mol. The maximum atomic E-state index is 12.4. The van der Waals surface area contributed by atoms with Gasteiger partial charge in [-0.25, -0.2) is 9.97 Å². The fourth-order valence-electron chi connectivity index (χ4n) is 2.80. The van der Waals surface area contributed by atoms with Crippen LogP contribution in [0.4, 0.5) is 5.82 Å². The lowest BCUT2D eigenvalue weighted by Gasteiger charge is -2.15. The molecule has 2 atom stereocenters. The van der Waals surface area contributed by atoms with Crippen LogP contribution in [-0.4, -0.2) is 38.5 Å². The van der Waals surface area contributed by atoms with Crippen LogP contribution in [0.25, 0.3) is 0 Å². The molecule has 3 N–H and O–H groups in total. The highest BCUT2D eigenvalue weighted by molar-refractivity contribution is 6.11. The van der Waals surface area contributed by atoms with Crippen LogP contribution in [0.15, 0.2) is 31.0 Å². The molecule has 0 radical (unpaired) electrons. The number of aliphatic hydroxyl groups excluding tert-OH is 1. The van der Waals surface area contributed by atoms with Crippen LogP contribution >= 0.6 is 0 Å². The van der Waals surface area contributed by atoms with Gasteiger partial charge in [0.05, 0.1) is 5.56 Å². The third-order valence-electron chi connectivity index (χ3n) is 3.96. The molecule has 1 aliphatic rings. The largest absolute Gasteiger partial charge is 0.396 e. The molecule has 1 fully saturated rings. The van der Waals surface area contributed by atoms with E-state index in [9.17, 15) is 9.90 Å². The van der Waals surface area contributed by atoms with Crippen LogP contribution in [0.5, 0.6) is 0 Å². The molecule has 6 heteroatoms. The molecule has 1 aliphatic carbocycles. The molecule has 0 bridgehead atoms. The Morgan fingerprint density at radius 1 is 1.48 bits per heavy atom. The lowest BCUT2D eigenvalue weighted by Crippen LogP contribution is -2.19. The van der Waals surface area contributed by atoms with Gasteiger partial charge in [-0.3, -0.25) is 4.79 Å². The molecule has 2 aromatic rings. The number of hydrogen-bond donors (Lipinski definition) is 3. The van der Waals surface area contributed by atoms with Crippen molar-refractivity contribution in [1.82, 2.24) is 15.0 Å². The lowest BCUT2D eigenvalue weighted by atomic mass is 10.1. The van der Waals surface area contributed by atoms with Crippen molar-refractivity contribution >= 4 is 11.6 Å². The van der Waals surface area contributed by atoms with Crippen molar-refractivity contribution in [2.24, 2.45) is 5.92 Å². The van der Waals surface area contributed by atoms with E-state index in [1.165, 1.54) is 6.33 Å². The maximum absolute atomic E-state index is 12.4. The van der Waals surface area contributed by atoms with E-state index in [0.29, 0.717) is 22.9 Å². The Hall–Kier alpha value is -2.21. The van der Waals surface area contributed by atoms with Crippen LogP contribution < -0.4 is 5.32 Å². The molecule has 3 rings (SSSR count). The predicted octanol–water partition coefficient (Wildman–Crippen LogP) is 1.61. The number of aromatic amines is 1. The van der Waals surface area contributed by atoms with Crippen molar-refractivity contribution in [1.29, 1.82) is 0 Å². The van der Waals surface area contributed by atoms with Crippen LogP contribution in [0, 0.1) is 5.92 Å². The Morgan fingerprint density at radius 2 is 2.38 bits per heavy atom. The van der Waals surface area contributed by atoms with E-state index in [2.05, 4.69) is 20.3 Å². The molecule has 0 amide bonds. The second-order valence-corrected chi connectivity index (χ2v) is 5.42. The number of nitrogens with zero attached hydrogens (tertiary/aromatic N) is 2. The number of hydrogen-bond acceptors (Lipinski definition) is 5. The first-order valence-electron chi connectivity index (χ1n) is 7.13. The van der Waals surface area contributed by atoms with Gasteiger partial charge in [-0.15, -0.1) is 0 Å². The number of carbonyl (C=O) groups is 1. The van der Waals surface area contributed by atoms with Crippen molar-refractivity contribution in [3.63, 3.8) is 0 Å². The minimum atomic E-state index is -0.101. The summed E-state index contributed by atoms with van der Waals surface area (Å²) in [4.78, 5) is 23.5. The third kappa shape index (κ3) is 2.95. The lowest BCUT2D eigenvalue weighted by molar-refractivity contribution is 0.103. The van der Waals surface area contributed by atoms with Gasteiger partial charge in [0.15, 0.2) is 5.78 Å². The van der Waals surface area contributed by atoms with Crippen LogP contribution in [0.3, 0.4) is 0 Å². The SMILES string of the molecule is O=C(c1cc[nH]c1)c1cncnc1NC1CCC(CO)C1. The van der Waals surface area contributed by atoms with E-state index in [0.717, 1.165) is 19.3 Å². The summed E-state index contributed by atoms with van der Waals surface area (Å²) in [5.74, 6) is 0.809. The molecule has 0 aromatic carbocycles. The Labute approximate surface area is 122 Å². The summed E-state index contributed by atoms with van der Waals surface area (Å²) in [5.41, 5.74) is 1.07. The summed E-state index contributed by atoms with van der Waals surface area (Å²) in [5, 5.41) is 12.5. The fourth-order valence-corrected chi connectivity index (χ4v) is 2.80. The number of ketones is 1. The third-order valence-corrected chi connectivity index (χ3v) is 3.96. The van der Waals surface area contributed by atoms with Crippen LogP contribution in [0.2, 0.25) is 0 Å². The Balaban J connectivity index is 1.79. The highest BCUT2D eigenvalue weighted by atomic mass is 16.3. The van der Waals surface area contributed by atoms with Crippen molar-refractivity contribution < 1.29 is 9.90 Å². The number of rotatable bonds is 5. The summed E-state index contributed by atoms with van der Waals surface area (Å²) in [6.45, 7) is 0.219. The van der Waals surface area contributed by atoms with E-state index in [1.54, 1.807) is 24.7 Å². The predicted molar refractivity (Wildman–Crippen MR) is 78.1 cm³/mol. The number of aliphatic hydroxyl groups is 1. The molecule has 1 saturated carbocycles. The first-order valence-corrected chi connectivity index (χ1v) is 7.13. The molecule has 2 heterocycles. The van der Waals surface area contributed by atoms with Gasteiger partial charge in [-0.2, -0.15) is 0 Å². The minimum Gasteiger partial charge on any atom is -0.396 e. The maximum Gasteiger partial charge on any atom is 0.199 e. The van der Waals surface area contributed by atoms with Crippen LogP contribution in [0.1, 0.15) is 35.2 Å². The van der Waals surface area contributed by atoms with Crippen molar-refractivity contribution in [3.8, 4) is 0 Å². The average Bonchev–Trinajstić information content (AvgIpc) is 3.18. The van der Waals surface area contributed by atoms with E-state index >= 15 is 0 Å². The average molecular weight is 286 g/mol. The molecule has 2 aromatic heterocycles. The normalized spacial score (nSPS) is 21.4. The summed E-state index contributed by atoms with van der Waals surface area (Å²) >= 11 is 0. The highest BCUT2D eigenvalue weighted by Crippen LogP contribution is 2.28. The van der Waals surface area contributed by atoms with E-state index in [1.807, 2.05) is 0 Å². The van der Waals surface area contributed by atoms with E-state index in [-0.39, 0.29) is 18.4 Å². The van der Waals surface area contributed by atoms with E-state index in [4.69, 9.17) is 0 Å². The number of aromatic nitrogens is 3. The molecule has 0 aliphatic heterocycles. The summed E-state index contributed by atoms with van der Waals surface area (Å²) in [6.07, 6.45) is 9.24. The molecule has 6 nitrogen and oxygen atoms in total. The summed E-state index contributed by atoms with van der Waals surface area (Å²) in [6, 6.07) is 1.98. The zero-order chi connectivity index (χ0) is 14.7. The first-order chi connectivity index (χ1) is 10.3. The van der Waals surface area contributed by atoms with Gasteiger partial charge in [0.1, 0.15) is 12.1 Å². The van der Waals surface area contributed by atoms with Gasteiger partial charge in [-0.05, 0) is 31.2 Å². The zero-order valence-electron chi connectivity index (χ0n) is 11.6. The number of H-pyrrole nitrogens is 1. The topological polar surface area (TPSA) is 90.9 Å². The molecule has 0 spiro atoms. The van der Waals surface area contributed by atoms with Gasteiger partial charge in [0.2, 0.25) is 0 Å². The molecular formula is C15H18N4O2. The number of nitrogens with one attached hydrogen (secondary N) is 2. The van der Waals surface area contributed by atoms with Gasteiger partial charge >= 0.3 is 0 Å². The number of anilines is 1. The fraction of sp³-hybridized carbons (Fsp3) is 0.400. The molecule has 0 saturated heterocycles.